The number of halogens is 1. The van der Waals surface area contributed by atoms with Crippen LogP contribution in [-0.2, 0) is 6.54 Å². The van der Waals surface area contributed by atoms with E-state index in [1.165, 1.54) is 5.69 Å². The van der Waals surface area contributed by atoms with E-state index in [9.17, 15) is 0 Å². The van der Waals surface area contributed by atoms with Gasteiger partial charge in [-0.15, -0.1) is 17.5 Å². The van der Waals surface area contributed by atoms with E-state index in [2.05, 4.69) is 67.8 Å². The Balaban J connectivity index is 0.00000274. The molecule has 0 N–H and O–H groups in total. The monoisotopic (exact) mass is 480 g/mol. The third-order valence-electron chi connectivity index (χ3n) is 6.00. The molecule has 4 aromatic rings. The molecule has 5 rings (SSSR count). The van der Waals surface area contributed by atoms with Crippen LogP contribution in [0.15, 0.2) is 77.4 Å². The zero-order chi connectivity index (χ0) is 22.5. The van der Waals surface area contributed by atoms with Crippen LogP contribution in [0.4, 0.5) is 5.69 Å². The molecule has 0 saturated carbocycles. The molecule has 0 amide bonds. The number of ether oxygens (including phenoxy) is 1. The first kappa shape index (κ1) is 23.8. The molecule has 1 unspecified atom stereocenters. The molecule has 34 heavy (non-hydrogen) atoms. The van der Waals surface area contributed by atoms with Crippen molar-refractivity contribution in [2.45, 2.75) is 19.5 Å². The van der Waals surface area contributed by atoms with Gasteiger partial charge in [0.1, 0.15) is 18.1 Å². The summed E-state index contributed by atoms with van der Waals surface area (Å²) >= 11 is 0. The molecule has 8 nitrogen and oxygen atoms in total. The van der Waals surface area contributed by atoms with Crippen molar-refractivity contribution >= 4 is 18.1 Å². The van der Waals surface area contributed by atoms with Gasteiger partial charge in [-0.3, -0.25) is 4.90 Å². The molecular weight excluding hydrogens is 452 g/mol. The molecular formula is C25H29ClN6O2. The van der Waals surface area contributed by atoms with Gasteiger partial charge in [-0.1, -0.05) is 30.3 Å². The molecule has 1 saturated heterocycles. The lowest BCUT2D eigenvalue weighted by Gasteiger charge is -2.39. The van der Waals surface area contributed by atoms with Crippen LogP contribution in [0.2, 0.25) is 0 Å². The summed E-state index contributed by atoms with van der Waals surface area (Å²) in [6.07, 6.45) is 1.67. The van der Waals surface area contributed by atoms with E-state index in [-0.39, 0.29) is 18.4 Å². The summed E-state index contributed by atoms with van der Waals surface area (Å²) in [7, 11) is 0. The maximum Gasteiger partial charge on any atom is 0.173 e. The highest BCUT2D eigenvalue weighted by Crippen LogP contribution is 2.30. The van der Waals surface area contributed by atoms with E-state index >= 15 is 0 Å². The maximum atomic E-state index is 5.66. The summed E-state index contributed by atoms with van der Waals surface area (Å²) in [5, 5.41) is 12.7. The molecule has 178 valence electrons. The molecule has 0 aliphatic carbocycles. The summed E-state index contributed by atoms with van der Waals surface area (Å²) in [6.45, 7) is 6.82. The molecule has 1 atom stereocenters. The van der Waals surface area contributed by atoms with Crippen LogP contribution in [-0.4, -0.2) is 57.9 Å². The number of anilines is 1. The predicted molar refractivity (Wildman–Crippen MR) is 133 cm³/mol. The average Bonchev–Trinajstić information content (AvgIpc) is 3.55. The number of benzene rings is 2. The summed E-state index contributed by atoms with van der Waals surface area (Å²) in [4.78, 5) is 4.89. The number of hydrogen-bond donors (Lipinski definition) is 0. The van der Waals surface area contributed by atoms with Crippen molar-refractivity contribution in [2.24, 2.45) is 0 Å². The zero-order valence-corrected chi connectivity index (χ0v) is 20.0. The van der Waals surface area contributed by atoms with Gasteiger partial charge >= 0.3 is 0 Å². The molecule has 0 radical (unpaired) electrons. The average molecular weight is 481 g/mol. The lowest BCUT2D eigenvalue weighted by atomic mass is 10.0. The molecule has 1 aliphatic rings. The Morgan fingerprint density at radius 3 is 2.38 bits per heavy atom. The van der Waals surface area contributed by atoms with Crippen molar-refractivity contribution < 1.29 is 9.15 Å². The third kappa shape index (κ3) is 5.24. The fourth-order valence-electron chi connectivity index (χ4n) is 4.38. The second kappa shape index (κ2) is 11.2. The molecule has 1 fully saturated rings. The van der Waals surface area contributed by atoms with E-state index < -0.39 is 0 Å². The summed E-state index contributed by atoms with van der Waals surface area (Å²) < 4.78 is 13.0. The fraction of sp³-hybridized carbons (Fsp3) is 0.320. The first-order valence-corrected chi connectivity index (χ1v) is 11.4. The number of furan rings is 1. The Bertz CT molecular complexity index is 1130. The highest BCUT2D eigenvalue weighted by Gasteiger charge is 2.31. The third-order valence-corrected chi connectivity index (χ3v) is 6.00. The minimum absolute atomic E-state index is 0. The molecule has 1 aliphatic heterocycles. The Morgan fingerprint density at radius 1 is 0.941 bits per heavy atom. The minimum atomic E-state index is -0.0661. The minimum Gasteiger partial charge on any atom is -0.494 e. The van der Waals surface area contributed by atoms with Crippen molar-refractivity contribution in [3.8, 4) is 5.75 Å². The van der Waals surface area contributed by atoms with Crippen molar-refractivity contribution in [1.82, 2.24) is 25.1 Å². The van der Waals surface area contributed by atoms with E-state index in [4.69, 9.17) is 9.15 Å². The number of hydrogen-bond acceptors (Lipinski definition) is 7. The first-order valence-electron chi connectivity index (χ1n) is 11.4. The van der Waals surface area contributed by atoms with E-state index in [1.807, 2.05) is 35.9 Å². The Morgan fingerprint density at radius 2 is 1.71 bits per heavy atom. The summed E-state index contributed by atoms with van der Waals surface area (Å²) in [5.41, 5.74) is 2.40. The molecule has 9 heteroatoms. The number of para-hydroxylation sites is 1. The lowest BCUT2D eigenvalue weighted by Crippen LogP contribution is -2.48. The molecule has 2 aromatic heterocycles. The quantitative estimate of drug-likeness (QED) is 0.376. The number of tetrazole rings is 1. The van der Waals surface area contributed by atoms with Crippen molar-refractivity contribution in [1.29, 1.82) is 0 Å². The fourth-order valence-corrected chi connectivity index (χ4v) is 4.38. The van der Waals surface area contributed by atoms with Crippen LogP contribution < -0.4 is 9.64 Å². The maximum absolute atomic E-state index is 5.66. The van der Waals surface area contributed by atoms with Gasteiger partial charge < -0.3 is 14.1 Å². The van der Waals surface area contributed by atoms with Gasteiger partial charge in [-0.25, -0.2) is 4.68 Å². The highest BCUT2D eigenvalue weighted by molar-refractivity contribution is 5.85. The number of aromatic nitrogens is 4. The first-order chi connectivity index (χ1) is 16.3. The van der Waals surface area contributed by atoms with Crippen LogP contribution in [0.25, 0.3) is 0 Å². The van der Waals surface area contributed by atoms with Gasteiger partial charge in [-0.05, 0) is 59.3 Å². The van der Waals surface area contributed by atoms with Crippen LogP contribution in [0.1, 0.15) is 30.1 Å². The number of piperazine rings is 1. The smallest absolute Gasteiger partial charge is 0.173 e. The second-order valence-corrected chi connectivity index (χ2v) is 8.04. The molecule has 2 aromatic carbocycles. The predicted octanol–water partition coefficient (Wildman–Crippen LogP) is 4.05. The van der Waals surface area contributed by atoms with Gasteiger partial charge in [-0.2, -0.15) is 0 Å². The SMILES string of the molecule is CCOc1ccc(C(c2nnnn2Cc2ccco2)N2CCN(c3ccccc3)CC2)cc1.Cl. The van der Waals surface area contributed by atoms with Crippen molar-refractivity contribution in [2.75, 3.05) is 37.7 Å². The van der Waals surface area contributed by atoms with E-state index in [1.54, 1.807) is 6.26 Å². The largest absolute Gasteiger partial charge is 0.494 e. The van der Waals surface area contributed by atoms with Crippen LogP contribution in [0.3, 0.4) is 0 Å². The molecule has 0 spiro atoms. The number of nitrogens with zero attached hydrogens (tertiary/aromatic N) is 6. The zero-order valence-electron chi connectivity index (χ0n) is 19.2. The summed E-state index contributed by atoms with van der Waals surface area (Å²) in [6, 6.07) is 22.6. The van der Waals surface area contributed by atoms with Gasteiger partial charge in [0.15, 0.2) is 5.82 Å². The van der Waals surface area contributed by atoms with Crippen molar-refractivity contribution in [3.63, 3.8) is 0 Å². The molecule has 3 heterocycles. The molecule has 0 bridgehead atoms. The van der Waals surface area contributed by atoms with E-state index in [0.29, 0.717) is 13.2 Å². The van der Waals surface area contributed by atoms with Crippen molar-refractivity contribution in [3.05, 3.63) is 90.1 Å². The van der Waals surface area contributed by atoms with Crippen LogP contribution >= 0.6 is 12.4 Å². The normalized spacial score (nSPS) is 15.0. The van der Waals surface area contributed by atoms with Gasteiger partial charge in [0, 0.05) is 31.9 Å². The summed E-state index contributed by atoms with van der Waals surface area (Å²) in [5.74, 6) is 2.50. The number of rotatable bonds is 8. The Kier molecular flexibility index (Phi) is 7.82. The van der Waals surface area contributed by atoms with Gasteiger partial charge in [0.25, 0.3) is 0 Å². The van der Waals surface area contributed by atoms with Crippen LogP contribution in [0, 0.1) is 0 Å². The van der Waals surface area contributed by atoms with Gasteiger partial charge in [0.2, 0.25) is 0 Å². The van der Waals surface area contributed by atoms with Gasteiger partial charge in [0.05, 0.1) is 18.9 Å². The van der Waals surface area contributed by atoms with E-state index in [0.717, 1.165) is 49.1 Å². The lowest BCUT2D eigenvalue weighted by molar-refractivity contribution is 0.200. The topological polar surface area (TPSA) is 72.4 Å². The second-order valence-electron chi connectivity index (χ2n) is 8.04. The van der Waals surface area contributed by atoms with Crippen LogP contribution in [0.5, 0.6) is 5.75 Å². The standard InChI is InChI=1S/C25H28N6O2.ClH/c1-2-32-22-12-10-20(11-13-22)24(25-26-27-28-31(25)19-23-9-6-18-33-23)30-16-14-29(15-17-30)21-7-4-3-5-8-21;/h3-13,18,24H,2,14-17,19H2,1H3;1H. The Labute approximate surface area is 205 Å². The Hall–Kier alpha value is -3.36. The highest BCUT2D eigenvalue weighted by atomic mass is 35.5.